The molecule has 0 aliphatic carbocycles. The van der Waals surface area contributed by atoms with E-state index in [1.807, 2.05) is 4.90 Å². The number of piperidine rings is 1. The smallest absolute Gasteiger partial charge is 0.253 e. The summed E-state index contributed by atoms with van der Waals surface area (Å²) < 4.78 is 0. The van der Waals surface area contributed by atoms with Gasteiger partial charge in [-0.1, -0.05) is 25.4 Å². The van der Waals surface area contributed by atoms with Crippen molar-refractivity contribution in [1.82, 2.24) is 4.90 Å². The second kappa shape index (κ2) is 5.19. The van der Waals surface area contributed by atoms with Gasteiger partial charge >= 0.3 is 0 Å². The molecular formula is C14H18ClNO2. The maximum atomic E-state index is 12.3. The van der Waals surface area contributed by atoms with E-state index >= 15 is 0 Å². The maximum Gasteiger partial charge on any atom is 0.253 e. The van der Waals surface area contributed by atoms with E-state index in [-0.39, 0.29) is 16.7 Å². The molecule has 1 aromatic carbocycles. The first kappa shape index (κ1) is 13.2. The first-order valence-corrected chi connectivity index (χ1v) is 6.63. The molecule has 98 valence electrons. The zero-order valence-electron chi connectivity index (χ0n) is 10.7. The highest BCUT2D eigenvalue weighted by Gasteiger charge is 2.26. The van der Waals surface area contributed by atoms with Crippen molar-refractivity contribution in [3.63, 3.8) is 0 Å². The summed E-state index contributed by atoms with van der Waals surface area (Å²) in [7, 11) is 0. The molecule has 0 saturated carbocycles. The number of hydrogen-bond acceptors (Lipinski definition) is 2. The van der Waals surface area contributed by atoms with Crippen molar-refractivity contribution < 1.29 is 9.90 Å². The second-order valence-electron chi connectivity index (χ2n) is 5.32. The standard InChI is InChI=1S/C14H18ClNO2/c1-9-5-10(2)8-16(7-9)14(18)11-3-4-13(17)12(15)6-11/h3-4,6,9-10,17H,5,7-8H2,1-2H3. The van der Waals surface area contributed by atoms with Gasteiger partial charge in [0.1, 0.15) is 5.75 Å². The maximum absolute atomic E-state index is 12.3. The number of rotatable bonds is 1. The van der Waals surface area contributed by atoms with Crippen LogP contribution >= 0.6 is 11.6 Å². The van der Waals surface area contributed by atoms with Gasteiger partial charge in [0, 0.05) is 18.7 Å². The van der Waals surface area contributed by atoms with Gasteiger partial charge in [-0.25, -0.2) is 0 Å². The zero-order chi connectivity index (χ0) is 13.3. The van der Waals surface area contributed by atoms with Crippen LogP contribution in [-0.4, -0.2) is 29.0 Å². The van der Waals surface area contributed by atoms with Crippen LogP contribution in [0.3, 0.4) is 0 Å². The summed E-state index contributed by atoms with van der Waals surface area (Å²) in [6.07, 6.45) is 1.17. The Balaban J connectivity index is 2.17. The predicted molar refractivity (Wildman–Crippen MR) is 72.0 cm³/mol. The Morgan fingerprint density at radius 2 is 1.94 bits per heavy atom. The van der Waals surface area contributed by atoms with E-state index in [2.05, 4.69) is 13.8 Å². The minimum atomic E-state index is -0.00435. The number of likely N-dealkylation sites (tertiary alicyclic amines) is 1. The van der Waals surface area contributed by atoms with Gasteiger partial charge in [-0.05, 0) is 36.5 Å². The number of hydrogen-bond donors (Lipinski definition) is 1. The predicted octanol–water partition coefficient (Wildman–Crippen LogP) is 3.16. The number of carbonyl (C=O) groups excluding carboxylic acids is 1. The Kier molecular flexibility index (Phi) is 3.81. The van der Waals surface area contributed by atoms with Crippen LogP contribution in [0.25, 0.3) is 0 Å². The second-order valence-corrected chi connectivity index (χ2v) is 5.73. The number of amides is 1. The molecule has 1 amide bonds. The van der Waals surface area contributed by atoms with Crippen LogP contribution in [0.1, 0.15) is 30.6 Å². The van der Waals surface area contributed by atoms with Gasteiger partial charge < -0.3 is 10.0 Å². The number of nitrogens with zero attached hydrogens (tertiary/aromatic N) is 1. The quantitative estimate of drug-likeness (QED) is 0.849. The van der Waals surface area contributed by atoms with Gasteiger partial charge in [0.25, 0.3) is 5.91 Å². The molecule has 1 N–H and O–H groups in total. The molecule has 1 fully saturated rings. The van der Waals surface area contributed by atoms with Gasteiger partial charge in [0.15, 0.2) is 0 Å². The Hall–Kier alpha value is -1.22. The van der Waals surface area contributed by atoms with Crippen LogP contribution in [0.5, 0.6) is 5.75 Å². The molecule has 18 heavy (non-hydrogen) atoms. The molecule has 1 aromatic rings. The van der Waals surface area contributed by atoms with Gasteiger partial charge in [0.05, 0.1) is 5.02 Å². The molecule has 0 aromatic heterocycles. The van der Waals surface area contributed by atoms with Crippen LogP contribution in [0, 0.1) is 11.8 Å². The number of aromatic hydroxyl groups is 1. The Morgan fingerprint density at radius 1 is 1.33 bits per heavy atom. The monoisotopic (exact) mass is 267 g/mol. The normalized spacial score (nSPS) is 24.1. The zero-order valence-corrected chi connectivity index (χ0v) is 11.4. The van der Waals surface area contributed by atoms with Crippen LogP contribution in [0.4, 0.5) is 0 Å². The number of benzene rings is 1. The Morgan fingerprint density at radius 3 is 2.50 bits per heavy atom. The number of phenols is 1. The minimum Gasteiger partial charge on any atom is -0.506 e. The third-order valence-corrected chi connectivity index (χ3v) is 3.65. The Bertz CT molecular complexity index is 451. The summed E-state index contributed by atoms with van der Waals surface area (Å²) in [5.41, 5.74) is 0.541. The summed E-state index contributed by atoms with van der Waals surface area (Å²) in [6, 6.07) is 4.61. The van der Waals surface area contributed by atoms with E-state index in [1.165, 1.54) is 18.6 Å². The third-order valence-electron chi connectivity index (χ3n) is 3.35. The van der Waals surface area contributed by atoms with Crippen molar-refractivity contribution >= 4 is 17.5 Å². The van der Waals surface area contributed by atoms with Gasteiger partial charge in [-0.15, -0.1) is 0 Å². The molecular weight excluding hydrogens is 250 g/mol. The van der Waals surface area contributed by atoms with Crippen molar-refractivity contribution in [2.24, 2.45) is 11.8 Å². The number of halogens is 1. The molecule has 2 unspecified atom stereocenters. The largest absolute Gasteiger partial charge is 0.506 e. The fraction of sp³-hybridized carbons (Fsp3) is 0.500. The van der Waals surface area contributed by atoms with E-state index in [9.17, 15) is 9.90 Å². The molecule has 1 aliphatic heterocycles. The highest BCUT2D eigenvalue weighted by Crippen LogP contribution is 2.26. The molecule has 4 heteroatoms. The lowest BCUT2D eigenvalue weighted by Crippen LogP contribution is -2.42. The summed E-state index contributed by atoms with van der Waals surface area (Å²) in [5, 5.41) is 9.58. The molecule has 1 heterocycles. The number of phenolic OH excluding ortho intramolecular Hbond substituents is 1. The first-order valence-electron chi connectivity index (χ1n) is 6.25. The molecule has 1 saturated heterocycles. The van der Waals surface area contributed by atoms with E-state index < -0.39 is 0 Å². The lowest BCUT2D eigenvalue weighted by molar-refractivity contribution is 0.0623. The lowest BCUT2D eigenvalue weighted by atomic mass is 9.91. The highest BCUT2D eigenvalue weighted by molar-refractivity contribution is 6.32. The average Bonchev–Trinajstić information content (AvgIpc) is 2.30. The van der Waals surface area contributed by atoms with Crippen molar-refractivity contribution in [2.75, 3.05) is 13.1 Å². The number of carbonyl (C=O) groups is 1. The van der Waals surface area contributed by atoms with Crippen molar-refractivity contribution in [1.29, 1.82) is 0 Å². The van der Waals surface area contributed by atoms with Gasteiger partial charge in [-0.3, -0.25) is 4.79 Å². The van der Waals surface area contributed by atoms with Crippen LogP contribution in [0.15, 0.2) is 18.2 Å². The molecule has 3 nitrogen and oxygen atoms in total. The first-order chi connectivity index (χ1) is 8.47. The summed E-state index contributed by atoms with van der Waals surface area (Å²) in [4.78, 5) is 14.2. The summed E-state index contributed by atoms with van der Waals surface area (Å²) >= 11 is 5.83. The molecule has 0 bridgehead atoms. The van der Waals surface area contributed by atoms with Gasteiger partial charge in [0.2, 0.25) is 0 Å². The minimum absolute atomic E-state index is 0.00435. The van der Waals surface area contributed by atoms with Crippen molar-refractivity contribution in [3.05, 3.63) is 28.8 Å². The van der Waals surface area contributed by atoms with Crippen LogP contribution < -0.4 is 0 Å². The van der Waals surface area contributed by atoms with E-state index in [0.29, 0.717) is 17.4 Å². The molecule has 1 aliphatic rings. The fourth-order valence-corrected chi connectivity index (χ4v) is 2.83. The Labute approximate surface area is 112 Å². The average molecular weight is 268 g/mol. The SMILES string of the molecule is CC1CC(C)CN(C(=O)c2ccc(O)c(Cl)c2)C1. The van der Waals surface area contributed by atoms with Crippen molar-refractivity contribution in [3.8, 4) is 5.75 Å². The van der Waals surface area contributed by atoms with Crippen LogP contribution in [-0.2, 0) is 0 Å². The van der Waals surface area contributed by atoms with Gasteiger partial charge in [-0.2, -0.15) is 0 Å². The van der Waals surface area contributed by atoms with E-state index in [4.69, 9.17) is 11.6 Å². The summed E-state index contributed by atoms with van der Waals surface area (Å²) in [6.45, 7) is 5.92. The highest BCUT2D eigenvalue weighted by atomic mass is 35.5. The van der Waals surface area contributed by atoms with Crippen molar-refractivity contribution in [2.45, 2.75) is 20.3 Å². The molecule has 0 spiro atoms. The lowest BCUT2D eigenvalue weighted by Gasteiger charge is -2.35. The third kappa shape index (κ3) is 2.78. The summed E-state index contributed by atoms with van der Waals surface area (Å²) in [5.74, 6) is 1.07. The van der Waals surface area contributed by atoms with Crippen LogP contribution in [0.2, 0.25) is 5.02 Å². The molecule has 2 atom stereocenters. The topological polar surface area (TPSA) is 40.5 Å². The fourth-order valence-electron chi connectivity index (χ4n) is 2.65. The molecule has 0 radical (unpaired) electrons. The van der Waals surface area contributed by atoms with E-state index in [0.717, 1.165) is 13.1 Å². The van der Waals surface area contributed by atoms with E-state index in [1.54, 1.807) is 6.07 Å². The molecule has 2 rings (SSSR count).